The molecule has 2 aliphatic carbocycles. The van der Waals surface area contributed by atoms with Gasteiger partial charge in [-0.1, -0.05) is 38.3 Å². The average molecular weight is 495 g/mol. The van der Waals surface area contributed by atoms with E-state index < -0.39 is 0 Å². The van der Waals surface area contributed by atoms with Crippen LogP contribution in [0.4, 0.5) is 11.8 Å². The molecule has 0 spiro atoms. The van der Waals surface area contributed by atoms with Crippen LogP contribution in [0.15, 0.2) is 67.4 Å². The van der Waals surface area contributed by atoms with Gasteiger partial charge in [0.25, 0.3) is 0 Å². The van der Waals surface area contributed by atoms with E-state index in [1.807, 2.05) is 28.9 Å². The highest BCUT2D eigenvalue weighted by molar-refractivity contribution is 5.83. The van der Waals surface area contributed by atoms with Gasteiger partial charge in [-0.15, -0.1) is 0 Å². The second-order valence-electron chi connectivity index (χ2n) is 10.1. The minimum absolute atomic E-state index is 0.466. The van der Waals surface area contributed by atoms with Crippen molar-refractivity contribution in [1.82, 2.24) is 19.6 Å². The predicted molar refractivity (Wildman–Crippen MR) is 149 cm³/mol. The Morgan fingerprint density at radius 1 is 0.892 bits per heavy atom. The minimum atomic E-state index is 0.466. The van der Waals surface area contributed by atoms with Gasteiger partial charge in [-0.05, 0) is 74.2 Å². The lowest BCUT2D eigenvalue weighted by Crippen LogP contribution is -2.17. The zero-order valence-electron chi connectivity index (χ0n) is 21.2. The van der Waals surface area contributed by atoms with Crippen LogP contribution >= 0.6 is 0 Å². The van der Waals surface area contributed by atoms with Crippen molar-refractivity contribution in [3.8, 4) is 28.3 Å². The number of fused-ring (bicyclic) bond motifs is 1. The van der Waals surface area contributed by atoms with Crippen LogP contribution in [-0.4, -0.2) is 38.3 Å². The van der Waals surface area contributed by atoms with E-state index in [2.05, 4.69) is 52.5 Å². The van der Waals surface area contributed by atoms with E-state index in [0.29, 0.717) is 24.6 Å². The summed E-state index contributed by atoms with van der Waals surface area (Å²) in [6.07, 6.45) is 13.5. The van der Waals surface area contributed by atoms with Gasteiger partial charge in [-0.3, -0.25) is 0 Å². The first-order chi connectivity index (χ1) is 18.3. The molecule has 37 heavy (non-hydrogen) atoms. The quantitative estimate of drug-likeness (QED) is 0.251. The standard InChI is InChI=1S/C30H34N6O/c1-2-19-37-24-13-11-21(12-14-24)27-20-28-25(15-16-29(36(28)35-27)32-22-7-3-4-8-22)26-17-18-31-30(34-26)33-23-9-5-6-10-23/h2,11-18,20,22-23,32H,1,3-10,19H2,(H,31,33,34). The Kier molecular flexibility index (Phi) is 6.76. The monoisotopic (exact) mass is 494 g/mol. The third-order valence-electron chi connectivity index (χ3n) is 7.47. The number of rotatable bonds is 9. The number of ether oxygens (including phenoxy) is 1. The summed E-state index contributed by atoms with van der Waals surface area (Å²) < 4.78 is 7.70. The molecular formula is C30H34N6O. The highest BCUT2D eigenvalue weighted by Gasteiger charge is 2.20. The van der Waals surface area contributed by atoms with Crippen LogP contribution < -0.4 is 15.4 Å². The number of benzene rings is 1. The molecule has 0 amide bonds. The maximum absolute atomic E-state index is 5.66. The van der Waals surface area contributed by atoms with Gasteiger partial charge in [0, 0.05) is 29.4 Å². The van der Waals surface area contributed by atoms with Gasteiger partial charge < -0.3 is 15.4 Å². The summed E-state index contributed by atoms with van der Waals surface area (Å²) in [7, 11) is 0. The van der Waals surface area contributed by atoms with Crippen molar-refractivity contribution in [2.75, 3.05) is 17.2 Å². The number of aromatic nitrogens is 4. The summed E-state index contributed by atoms with van der Waals surface area (Å²) in [6, 6.07) is 17.5. The van der Waals surface area contributed by atoms with Crippen molar-refractivity contribution >= 4 is 17.3 Å². The second-order valence-corrected chi connectivity index (χ2v) is 10.1. The van der Waals surface area contributed by atoms with Crippen LogP contribution in [0.5, 0.6) is 5.75 Å². The molecule has 6 rings (SSSR count). The normalized spacial score (nSPS) is 16.3. The van der Waals surface area contributed by atoms with Gasteiger partial charge in [0.05, 0.1) is 16.9 Å². The van der Waals surface area contributed by atoms with Crippen molar-refractivity contribution in [2.24, 2.45) is 0 Å². The Morgan fingerprint density at radius 3 is 2.35 bits per heavy atom. The summed E-state index contributed by atoms with van der Waals surface area (Å²) in [4.78, 5) is 9.41. The van der Waals surface area contributed by atoms with E-state index >= 15 is 0 Å². The largest absolute Gasteiger partial charge is 0.490 e. The van der Waals surface area contributed by atoms with Crippen LogP contribution in [0.3, 0.4) is 0 Å². The lowest BCUT2D eigenvalue weighted by atomic mass is 10.1. The molecule has 0 bridgehead atoms. The smallest absolute Gasteiger partial charge is 0.223 e. The van der Waals surface area contributed by atoms with Crippen LogP contribution in [0.2, 0.25) is 0 Å². The van der Waals surface area contributed by atoms with Gasteiger partial charge in [0.2, 0.25) is 5.95 Å². The minimum Gasteiger partial charge on any atom is -0.490 e. The highest BCUT2D eigenvalue weighted by atomic mass is 16.5. The number of anilines is 2. The first-order valence-electron chi connectivity index (χ1n) is 13.5. The zero-order valence-corrected chi connectivity index (χ0v) is 21.2. The molecule has 0 unspecified atom stereocenters. The Balaban J connectivity index is 1.37. The molecule has 4 aromatic rings. The third kappa shape index (κ3) is 5.17. The molecule has 190 valence electrons. The number of nitrogens with one attached hydrogen (secondary N) is 2. The lowest BCUT2D eigenvalue weighted by molar-refractivity contribution is 0.363. The molecule has 1 aromatic carbocycles. The van der Waals surface area contributed by atoms with Gasteiger partial charge in [0.15, 0.2) is 0 Å². The number of nitrogens with zero attached hydrogens (tertiary/aromatic N) is 4. The first-order valence-corrected chi connectivity index (χ1v) is 13.5. The van der Waals surface area contributed by atoms with Crippen LogP contribution in [0.25, 0.3) is 28.0 Å². The van der Waals surface area contributed by atoms with Gasteiger partial charge in [0.1, 0.15) is 18.2 Å². The molecule has 0 saturated heterocycles. The molecule has 0 radical (unpaired) electrons. The molecule has 2 fully saturated rings. The van der Waals surface area contributed by atoms with Crippen molar-refractivity contribution in [1.29, 1.82) is 0 Å². The fraction of sp³-hybridized carbons (Fsp3) is 0.367. The SMILES string of the molecule is C=CCOc1ccc(-c2cc3c(-c4ccnc(NC5CCCC5)n4)ccc(NC4CCCC4)n3n2)cc1. The molecule has 7 nitrogen and oxygen atoms in total. The maximum Gasteiger partial charge on any atom is 0.223 e. The van der Waals surface area contributed by atoms with E-state index in [0.717, 1.165) is 39.6 Å². The van der Waals surface area contributed by atoms with Gasteiger partial charge in [-0.25, -0.2) is 14.5 Å². The van der Waals surface area contributed by atoms with Crippen LogP contribution in [-0.2, 0) is 0 Å². The predicted octanol–water partition coefficient (Wildman–Crippen LogP) is 6.73. The molecule has 3 heterocycles. The Bertz CT molecular complexity index is 1370. The van der Waals surface area contributed by atoms with E-state index in [9.17, 15) is 0 Å². The Labute approximate surface area is 218 Å². The summed E-state index contributed by atoms with van der Waals surface area (Å²) in [5.41, 5.74) is 4.91. The third-order valence-corrected chi connectivity index (χ3v) is 7.47. The molecule has 7 heteroatoms. The number of pyridine rings is 1. The Morgan fingerprint density at radius 2 is 1.62 bits per heavy atom. The fourth-order valence-corrected chi connectivity index (χ4v) is 5.53. The van der Waals surface area contributed by atoms with Crippen molar-refractivity contribution < 1.29 is 4.74 Å². The van der Waals surface area contributed by atoms with Crippen molar-refractivity contribution in [3.63, 3.8) is 0 Å². The molecule has 0 aliphatic heterocycles. The van der Waals surface area contributed by atoms with Crippen LogP contribution in [0, 0.1) is 0 Å². The summed E-state index contributed by atoms with van der Waals surface area (Å²) >= 11 is 0. The highest BCUT2D eigenvalue weighted by Crippen LogP contribution is 2.32. The zero-order chi connectivity index (χ0) is 25.0. The van der Waals surface area contributed by atoms with Crippen LogP contribution in [0.1, 0.15) is 51.4 Å². The maximum atomic E-state index is 5.66. The number of hydrogen-bond acceptors (Lipinski definition) is 6. The van der Waals surface area contributed by atoms with E-state index in [1.54, 1.807) is 6.08 Å². The summed E-state index contributed by atoms with van der Waals surface area (Å²) in [6.45, 7) is 4.21. The molecule has 0 atom stereocenters. The lowest BCUT2D eigenvalue weighted by Gasteiger charge is -2.16. The topological polar surface area (TPSA) is 76.4 Å². The van der Waals surface area contributed by atoms with Gasteiger partial charge in [-0.2, -0.15) is 5.10 Å². The van der Waals surface area contributed by atoms with Gasteiger partial charge >= 0.3 is 0 Å². The average Bonchev–Trinajstić information content (AvgIpc) is 3.71. The van der Waals surface area contributed by atoms with E-state index in [-0.39, 0.29) is 0 Å². The van der Waals surface area contributed by atoms with Crippen molar-refractivity contribution in [3.05, 3.63) is 67.4 Å². The molecule has 2 saturated carbocycles. The molecule has 3 aromatic heterocycles. The fourth-order valence-electron chi connectivity index (χ4n) is 5.53. The van der Waals surface area contributed by atoms with E-state index in [1.165, 1.54) is 51.4 Å². The molecule has 2 aliphatic rings. The van der Waals surface area contributed by atoms with E-state index in [4.69, 9.17) is 14.8 Å². The first kappa shape index (κ1) is 23.5. The summed E-state index contributed by atoms with van der Waals surface area (Å²) in [5.74, 6) is 2.53. The Hall–Kier alpha value is -3.87. The van der Waals surface area contributed by atoms with Crippen molar-refractivity contribution in [2.45, 2.75) is 63.5 Å². The number of hydrogen-bond donors (Lipinski definition) is 2. The molecule has 2 N–H and O–H groups in total. The summed E-state index contributed by atoms with van der Waals surface area (Å²) in [5, 5.41) is 12.3. The molecular weight excluding hydrogens is 460 g/mol. The second kappa shape index (κ2) is 10.6.